The molecule has 0 aromatic heterocycles. The molecule has 1 aromatic carbocycles. The number of ether oxygens (including phenoxy) is 1. The van der Waals surface area contributed by atoms with Crippen LogP contribution in [0.2, 0.25) is 0 Å². The van der Waals surface area contributed by atoms with Crippen molar-refractivity contribution in [2.24, 2.45) is 11.8 Å². The maximum absolute atomic E-state index is 11.6. The molecule has 0 saturated heterocycles. The third-order valence-electron chi connectivity index (χ3n) is 5.25. The summed E-state index contributed by atoms with van der Waals surface area (Å²) in [6.07, 6.45) is 6.70. The SMILES string of the molecule is CCOC(=O)[C@@H]1CC1CCc1ccc(C2CCCC(=O)C2)cc1. The van der Waals surface area contributed by atoms with E-state index in [2.05, 4.69) is 24.3 Å². The predicted molar refractivity (Wildman–Crippen MR) is 89.2 cm³/mol. The maximum Gasteiger partial charge on any atom is 0.309 e. The second kappa shape index (κ2) is 7.29. The van der Waals surface area contributed by atoms with E-state index in [-0.39, 0.29) is 11.9 Å². The highest BCUT2D eigenvalue weighted by Crippen LogP contribution is 2.43. The summed E-state index contributed by atoms with van der Waals surface area (Å²) >= 11 is 0. The number of aryl methyl sites for hydroxylation is 1. The van der Waals surface area contributed by atoms with E-state index in [1.807, 2.05) is 6.92 Å². The van der Waals surface area contributed by atoms with Gasteiger partial charge in [0.15, 0.2) is 0 Å². The highest BCUT2D eigenvalue weighted by molar-refractivity contribution is 5.80. The fourth-order valence-electron chi connectivity index (χ4n) is 3.72. The first-order chi connectivity index (χ1) is 11.2. The lowest BCUT2D eigenvalue weighted by molar-refractivity contribution is -0.145. The monoisotopic (exact) mass is 314 g/mol. The fourth-order valence-corrected chi connectivity index (χ4v) is 3.72. The van der Waals surface area contributed by atoms with Gasteiger partial charge in [-0.2, -0.15) is 0 Å². The van der Waals surface area contributed by atoms with Gasteiger partial charge in [0.2, 0.25) is 0 Å². The Balaban J connectivity index is 1.47. The molecule has 0 N–H and O–H groups in total. The number of carbonyl (C=O) groups excluding carboxylic acids is 2. The molecule has 0 aliphatic heterocycles. The Morgan fingerprint density at radius 2 is 2.04 bits per heavy atom. The Morgan fingerprint density at radius 1 is 1.26 bits per heavy atom. The number of esters is 1. The molecule has 2 aliphatic rings. The summed E-state index contributed by atoms with van der Waals surface area (Å²) in [5.41, 5.74) is 2.63. The third-order valence-corrected chi connectivity index (χ3v) is 5.25. The molecule has 3 heteroatoms. The van der Waals surface area contributed by atoms with Crippen molar-refractivity contribution in [1.82, 2.24) is 0 Å². The zero-order chi connectivity index (χ0) is 16.2. The molecule has 0 radical (unpaired) electrons. The molecule has 2 fully saturated rings. The van der Waals surface area contributed by atoms with Crippen molar-refractivity contribution < 1.29 is 14.3 Å². The lowest BCUT2D eigenvalue weighted by atomic mass is 9.83. The van der Waals surface area contributed by atoms with Crippen molar-refractivity contribution in [3.63, 3.8) is 0 Å². The highest BCUT2D eigenvalue weighted by atomic mass is 16.5. The topological polar surface area (TPSA) is 43.4 Å². The summed E-state index contributed by atoms with van der Waals surface area (Å²) < 4.78 is 5.07. The van der Waals surface area contributed by atoms with Gasteiger partial charge in [0.1, 0.15) is 5.78 Å². The molecule has 0 bridgehead atoms. The van der Waals surface area contributed by atoms with Gasteiger partial charge in [0, 0.05) is 12.8 Å². The first-order valence-corrected chi connectivity index (χ1v) is 8.94. The number of rotatable bonds is 6. The molecule has 0 amide bonds. The van der Waals surface area contributed by atoms with Crippen molar-refractivity contribution in [3.8, 4) is 0 Å². The average Bonchev–Trinajstić information content (AvgIpc) is 3.33. The van der Waals surface area contributed by atoms with Crippen molar-refractivity contribution in [1.29, 1.82) is 0 Å². The van der Waals surface area contributed by atoms with Crippen LogP contribution in [0.1, 0.15) is 62.5 Å². The summed E-state index contributed by atoms with van der Waals surface area (Å²) in [4.78, 5) is 23.2. The summed E-state index contributed by atoms with van der Waals surface area (Å²) in [6.45, 7) is 2.34. The standard InChI is InChI=1S/C20H26O3/c1-2-23-20(22)19-13-17(19)11-8-14-6-9-15(10-7-14)16-4-3-5-18(21)12-16/h6-7,9-10,16-17,19H,2-5,8,11-13H2,1H3/t16?,17?,19-/m1/s1. The minimum atomic E-state index is -0.0187. The van der Waals surface area contributed by atoms with E-state index >= 15 is 0 Å². The zero-order valence-electron chi connectivity index (χ0n) is 13.9. The summed E-state index contributed by atoms with van der Waals surface area (Å²) in [6, 6.07) is 8.76. The van der Waals surface area contributed by atoms with E-state index < -0.39 is 0 Å². The molecular formula is C20H26O3. The molecule has 2 unspecified atom stereocenters. The van der Waals surface area contributed by atoms with Gasteiger partial charge in [-0.25, -0.2) is 0 Å². The molecule has 0 heterocycles. The lowest BCUT2D eigenvalue weighted by Crippen LogP contribution is -2.13. The van der Waals surface area contributed by atoms with Crippen molar-refractivity contribution in [2.45, 2.75) is 57.8 Å². The van der Waals surface area contributed by atoms with E-state index in [1.54, 1.807) is 0 Å². The Kier molecular flexibility index (Phi) is 5.14. The predicted octanol–water partition coefficient (Wildman–Crippen LogP) is 4.05. The molecule has 3 atom stereocenters. The average molecular weight is 314 g/mol. The quantitative estimate of drug-likeness (QED) is 0.744. The fraction of sp³-hybridized carbons (Fsp3) is 0.600. The van der Waals surface area contributed by atoms with Gasteiger partial charge < -0.3 is 4.74 Å². The first kappa shape index (κ1) is 16.2. The number of carbonyl (C=O) groups is 2. The third kappa shape index (κ3) is 4.21. The van der Waals surface area contributed by atoms with Gasteiger partial charge in [-0.3, -0.25) is 9.59 Å². The molecule has 3 rings (SSSR count). The van der Waals surface area contributed by atoms with Gasteiger partial charge in [0.05, 0.1) is 12.5 Å². The molecule has 124 valence electrons. The van der Waals surface area contributed by atoms with Gasteiger partial charge in [-0.1, -0.05) is 24.3 Å². The Labute approximate surface area is 138 Å². The van der Waals surface area contributed by atoms with Gasteiger partial charge >= 0.3 is 5.97 Å². The second-order valence-corrected chi connectivity index (χ2v) is 6.97. The smallest absolute Gasteiger partial charge is 0.309 e. The van der Waals surface area contributed by atoms with Crippen molar-refractivity contribution in [2.75, 3.05) is 6.61 Å². The lowest BCUT2D eigenvalue weighted by Gasteiger charge is -2.21. The first-order valence-electron chi connectivity index (χ1n) is 8.94. The van der Waals surface area contributed by atoms with Crippen LogP contribution < -0.4 is 0 Å². The van der Waals surface area contributed by atoms with Crippen molar-refractivity contribution >= 4 is 11.8 Å². The Bertz CT molecular complexity index is 561. The summed E-state index contributed by atoms with van der Waals surface area (Å²) in [5, 5.41) is 0. The molecule has 2 saturated carbocycles. The van der Waals surface area contributed by atoms with Crippen LogP contribution in [0.15, 0.2) is 24.3 Å². The van der Waals surface area contributed by atoms with E-state index in [0.29, 0.717) is 30.6 Å². The van der Waals surface area contributed by atoms with E-state index in [0.717, 1.165) is 38.5 Å². The number of hydrogen-bond donors (Lipinski definition) is 0. The minimum Gasteiger partial charge on any atom is -0.466 e. The molecule has 1 aromatic rings. The number of ketones is 1. The van der Waals surface area contributed by atoms with Crippen LogP contribution in [-0.4, -0.2) is 18.4 Å². The van der Waals surface area contributed by atoms with Gasteiger partial charge in [-0.05, 0) is 62.0 Å². The molecule has 23 heavy (non-hydrogen) atoms. The highest BCUT2D eigenvalue weighted by Gasteiger charge is 2.43. The Hall–Kier alpha value is -1.64. The summed E-state index contributed by atoms with van der Waals surface area (Å²) in [7, 11) is 0. The van der Waals surface area contributed by atoms with E-state index in [4.69, 9.17) is 4.74 Å². The second-order valence-electron chi connectivity index (χ2n) is 6.97. The number of Topliss-reactive ketones (excluding diaryl/α,β-unsaturated/α-hetero) is 1. The van der Waals surface area contributed by atoms with Crippen LogP contribution in [0, 0.1) is 11.8 Å². The van der Waals surface area contributed by atoms with Crippen LogP contribution in [0.5, 0.6) is 0 Å². The van der Waals surface area contributed by atoms with Crippen LogP contribution in [0.4, 0.5) is 0 Å². The largest absolute Gasteiger partial charge is 0.466 e. The van der Waals surface area contributed by atoms with E-state index in [9.17, 15) is 9.59 Å². The maximum atomic E-state index is 11.6. The molecule has 2 aliphatic carbocycles. The minimum absolute atomic E-state index is 0.0187. The van der Waals surface area contributed by atoms with Crippen LogP contribution in [-0.2, 0) is 20.7 Å². The molecule has 3 nitrogen and oxygen atoms in total. The van der Waals surface area contributed by atoms with Gasteiger partial charge in [0.25, 0.3) is 0 Å². The Morgan fingerprint density at radius 3 is 2.74 bits per heavy atom. The van der Waals surface area contributed by atoms with Crippen LogP contribution in [0.25, 0.3) is 0 Å². The van der Waals surface area contributed by atoms with Crippen LogP contribution >= 0.6 is 0 Å². The normalized spacial score (nSPS) is 26.8. The molecular weight excluding hydrogens is 288 g/mol. The molecule has 0 spiro atoms. The van der Waals surface area contributed by atoms with Gasteiger partial charge in [-0.15, -0.1) is 0 Å². The summed E-state index contributed by atoms with van der Waals surface area (Å²) in [5.74, 6) is 1.45. The number of benzene rings is 1. The van der Waals surface area contributed by atoms with Crippen molar-refractivity contribution in [3.05, 3.63) is 35.4 Å². The van der Waals surface area contributed by atoms with E-state index in [1.165, 1.54) is 11.1 Å². The zero-order valence-corrected chi connectivity index (χ0v) is 13.9. The number of hydrogen-bond acceptors (Lipinski definition) is 3. The van der Waals surface area contributed by atoms with Crippen LogP contribution in [0.3, 0.4) is 0 Å².